The molecule has 1 fully saturated rings. The van der Waals surface area contributed by atoms with Crippen LogP contribution < -0.4 is 0 Å². The first kappa shape index (κ1) is 10.5. The van der Waals surface area contributed by atoms with Gasteiger partial charge in [-0.2, -0.15) is 5.10 Å². The largest absolute Gasteiger partial charge is 0.345 e. The summed E-state index contributed by atoms with van der Waals surface area (Å²) in [5.74, 6) is 0.449. The molecule has 2 N–H and O–H groups in total. The van der Waals surface area contributed by atoms with Crippen molar-refractivity contribution in [3.05, 3.63) is 36.3 Å². The molecule has 0 amide bonds. The highest BCUT2D eigenvalue weighted by molar-refractivity contribution is 6.09. The first-order valence-electron chi connectivity index (χ1n) is 6.34. The number of hydrogen-bond donors (Lipinski definition) is 2. The number of aromatic amines is 2. The lowest BCUT2D eigenvalue weighted by molar-refractivity contribution is 0.0969. The Morgan fingerprint density at radius 3 is 3.00 bits per heavy atom. The van der Waals surface area contributed by atoms with Crippen LogP contribution in [-0.2, 0) is 0 Å². The number of pyridine rings is 1. The summed E-state index contributed by atoms with van der Waals surface area (Å²) in [6.07, 6.45) is 7.28. The van der Waals surface area contributed by atoms with E-state index in [1.807, 2.05) is 12.1 Å². The van der Waals surface area contributed by atoms with Crippen LogP contribution in [-0.4, -0.2) is 25.9 Å². The van der Waals surface area contributed by atoms with Gasteiger partial charge in [0.05, 0.1) is 5.69 Å². The van der Waals surface area contributed by atoms with Crippen LogP contribution in [0.4, 0.5) is 0 Å². The Morgan fingerprint density at radius 1 is 1.37 bits per heavy atom. The summed E-state index contributed by atoms with van der Waals surface area (Å²) in [5.41, 5.74) is 3.36. The molecule has 3 aromatic rings. The summed E-state index contributed by atoms with van der Waals surface area (Å²) in [5, 5.41) is 7.74. The van der Waals surface area contributed by atoms with Crippen molar-refractivity contribution in [2.75, 3.05) is 0 Å². The zero-order chi connectivity index (χ0) is 12.8. The monoisotopic (exact) mass is 252 g/mol. The molecule has 5 nitrogen and oxygen atoms in total. The molecule has 0 aromatic carbocycles. The maximum absolute atomic E-state index is 12.2. The van der Waals surface area contributed by atoms with Gasteiger partial charge >= 0.3 is 0 Å². The summed E-state index contributed by atoms with van der Waals surface area (Å²) < 4.78 is 0. The molecule has 4 rings (SSSR count). The third-order valence-corrected chi connectivity index (χ3v) is 3.56. The summed E-state index contributed by atoms with van der Waals surface area (Å²) >= 11 is 0. The molecule has 0 unspecified atom stereocenters. The molecule has 1 saturated carbocycles. The number of nitrogens with one attached hydrogen (secondary N) is 2. The number of hydrogen-bond acceptors (Lipinski definition) is 3. The average Bonchev–Trinajstić information content (AvgIpc) is 2.99. The molecule has 1 aliphatic rings. The summed E-state index contributed by atoms with van der Waals surface area (Å²) in [6, 6.07) is 3.87. The number of H-pyrrole nitrogens is 2. The molecule has 94 valence electrons. The number of Topliss-reactive ketones (excluding diaryl/α,β-unsaturated/α-hetero) is 1. The lowest BCUT2D eigenvalue weighted by Crippen LogP contribution is -1.99. The smallest absolute Gasteiger partial charge is 0.168 e. The van der Waals surface area contributed by atoms with Gasteiger partial charge in [-0.05, 0) is 25.0 Å². The average molecular weight is 252 g/mol. The van der Waals surface area contributed by atoms with Crippen molar-refractivity contribution in [1.29, 1.82) is 0 Å². The number of carbonyl (C=O) groups excluding carboxylic acids is 1. The minimum absolute atomic E-state index is 0.217. The molecule has 0 atom stereocenters. The zero-order valence-corrected chi connectivity index (χ0v) is 10.2. The lowest BCUT2D eigenvalue weighted by Gasteiger charge is -1.99. The number of aromatic nitrogens is 4. The number of ketones is 1. The predicted molar refractivity (Wildman–Crippen MR) is 70.7 cm³/mol. The quantitative estimate of drug-likeness (QED) is 0.703. The van der Waals surface area contributed by atoms with Crippen molar-refractivity contribution >= 4 is 16.8 Å². The van der Waals surface area contributed by atoms with Crippen molar-refractivity contribution in [1.82, 2.24) is 20.2 Å². The topological polar surface area (TPSA) is 74.4 Å². The van der Waals surface area contributed by atoms with Crippen molar-refractivity contribution in [2.24, 2.45) is 5.92 Å². The van der Waals surface area contributed by atoms with E-state index in [4.69, 9.17) is 0 Å². The third kappa shape index (κ3) is 1.66. The molecule has 0 spiro atoms. The molecule has 19 heavy (non-hydrogen) atoms. The summed E-state index contributed by atoms with van der Waals surface area (Å²) in [6.45, 7) is 0. The van der Waals surface area contributed by atoms with Crippen molar-refractivity contribution in [2.45, 2.75) is 12.8 Å². The standard InChI is InChI=1S/C14H12N4O/c19-13(8-1-2-8)11-7-16-14-10(11)5-9(6-15-14)12-3-4-17-18-12/h3-8H,1-2H2,(H,15,16)(H,17,18). The van der Waals surface area contributed by atoms with E-state index in [2.05, 4.69) is 20.2 Å². The second kappa shape index (κ2) is 3.78. The third-order valence-electron chi connectivity index (χ3n) is 3.56. The minimum Gasteiger partial charge on any atom is -0.345 e. The van der Waals surface area contributed by atoms with E-state index in [0.717, 1.165) is 40.7 Å². The fourth-order valence-corrected chi connectivity index (χ4v) is 2.34. The molecule has 0 radical (unpaired) electrons. The fourth-order valence-electron chi connectivity index (χ4n) is 2.34. The number of carbonyl (C=O) groups is 1. The minimum atomic E-state index is 0.217. The number of nitrogens with zero attached hydrogens (tertiary/aromatic N) is 2. The van der Waals surface area contributed by atoms with Crippen molar-refractivity contribution in [3.8, 4) is 11.3 Å². The van der Waals surface area contributed by atoms with Gasteiger partial charge in [0.25, 0.3) is 0 Å². The van der Waals surface area contributed by atoms with Gasteiger partial charge in [-0.25, -0.2) is 4.98 Å². The van der Waals surface area contributed by atoms with Crippen LogP contribution in [0, 0.1) is 5.92 Å². The van der Waals surface area contributed by atoms with Gasteiger partial charge in [0.15, 0.2) is 5.78 Å². The summed E-state index contributed by atoms with van der Waals surface area (Å²) in [4.78, 5) is 19.6. The maximum atomic E-state index is 12.2. The Morgan fingerprint density at radius 2 is 2.26 bits per heavy atom. The Bertz CT molecular complexity index is 753. The van der Waals surface area contributed by atoms with Crippen LogP contribution in [0.5, 0.6) is 0 Å². The van der Waals surface area contributed by atoms with E-state index in [1.165, 1.54) is 0 Å². The van der Waals surface area contributed by atoms with Gasteiger partial charge in [0, 0.05) is 41.0 Å². The zero-order valence-electron chi connectivity index (χ0n) is 10.2. The van der Waals surface area contributed by atoms with Crippen LogP contribution in [0.1, 0.15) is 23.2 Å². The highest BCUT2D eigenvalue weighted by Gasteiger charge is 2.31. The molecule has 0 saturated heterocycles. The molecule has 1 aliphatic carbocycles. The van der Waals surface area contributed by atoms with E-state index in [9.17, 15) is 4.79 Å². The van der Waals surface area contributed by atoms with Gasteiger partial charge in [0.1, 0.15) is 5.65 Å². The van der Waals surface area contributed by atoms with Crippen molar-refractivity contribution < 1.29 is 4.79 Å². The first-order valence-corrected chi connectivity index (χ1v) is 6.34. The molecule has 5 heteroatoms. The second-order valence-corrected chi connectivity index (χ2v) is 4.93. The van der Waals surface area contributed by atoms with Crippen LogP contribution in [0.3, 0.4) is 0 Å². The highest BCUT2D eigenvalue weighted by Crippen LogP contribution is 2.35. The number of fused-ring (bicyclic) bond motifs is 1. The number of rotatable bonds is 3. The lowest BCUT2D eigenvalue weighted by atomic mass is 10.1. The van der Waals surface area contributed by atoms with Crippen molar-refractivity contribution in [3.63, 3.8) is 0 Å². The fraction of sp³-hybridized carbons (Fsp3) is 0.214. The van der Waals surface area contributed by atoms with Gasteiger partial charge in [-0.1, -0.05) is 0 Å². The van der Waals surface area contributed by atoms with Crippen LogP contribution in [0.2, 0.25) is 0 Å². The molecule has 3 aromatic heterocycles. The van der Waals surface area contributed by atoms with E-state index >= 15 is 0 Å². The van der Waals surface area contributed by atoms with E-state index in [1.54, 1.807) is 18.6 Å². The normalized spacial score (nSPS) is 14.9. The molecule has 0 bridgehead atoms. The maximum Gasteiger partial charge on any atom is 0.168 e. The molecule has 0 aliphatic heterocycles. The van der Waals surface area contributed by atoms with Crippen LogP contribution >= 0.6 is 0 Å². The van der Waals surface area contributed by atoms with Gasteiger partial charge in [0.2, 0.25) is 0 Å². The SMILES string of the molecule is O=C(c1c[nH]c2ncc(-c3ccn[nH]3)cc12)C1CC1. The molecular weight excluding hydrogens is 240 g/mol. The Balaban J connectivity index is 1.87. The van der Waals surface area contributed by atoms with E-state index in [-0.39, 0.29) is 11.7 Å². The van der Waals surface area contributed by atoms with E-state index < -0.39 is 0 Å². The molecular formula is C14H12N4O. The summed E-state index contributed by atoms with van der Waals surface area (Å²) in [7, 11) is 0. The Kier molecular flexibility index (Phi) is 2.09. The second-order valence-electron chi connectivity index (χ2n) is 4.93. The Hall–Kier alpha value is -2.43. The van der Waals surface area contributed by atoms with Crippen LogP contribution in [0.25, 0.3) is 22.3 Å². The van der Waals surface area contributed by atoms with Crippen LogP contribution in [0.15, 0.2) is 30.7 Å². The molecule has 3 heterocycles. The first-order chi connectivity index (χ1) is 9.33. The van der Waals surface area contributed by atoms with Gasteiger partial charge < -0.3 is 4.98 Å². The van der Waals surface area contributed by atoms with E-state index in [0.29, 0.717) is 0 Å². The van der Waals surface area contributed by atoms with Gasteiger partial charge in [-0.3, -0.25) is 9.89 Å². The predicted octanol–water partition coefficient (Wildman–Crippen LogP) is 2.55. The Labute approximate surface area is 109 Å². The highest BCUT2D eigenvalue weighted by atomic mass is 16.1. The van der Waals surface area contributed by atoms with Gasteiger partial charge in [-0.15, -0.1) is 0 Å².